The summed E-state index contributed by atoms with van der Waals surface area (Å²) in [5.41, 5.74) is 12.0. The van der Waals surface area contributed by atoms with Gasteiger partial charge in [0.2, 0.25) is 17.7 Å². The third kappa shape index (κ3) is 3.73. The maximum atomic E-state index is 13.0. The van der Waals surface area contributed by atoms with Gasteiger partial charge in [-0.05, 0) is 18.6 Å². The third-order valence-electron chi connectivity index (χ3n) is 4.51. The Labute approximate surface area is 170 Å². The highest BCUT2D eigenvalue weighted by Crippen LogP contribution is 2.24. The fraction of sp³-hybridized carbons (Fsp3) is 0.333. The second-order valence-electron chi connectivity index (χ2n) is 6.56. The quantitative estimate of drug-likeness (QED) is 0.344. The number of hydrogen-bond donors (Lipinski definition) is 2. The largest absolute Gasteiger partial charge is 0.368 e. The highest BCUT2D eigenvalue weighted by molar-refractivity contribution is 7.98. The van der Waals surface area contributed by atoms with Crippen LogP contribution in [0.1, 0.15) is 32.0 Å². The molecule has 0 amide bonds. The van der Waals surface area contributed by atoms with Crippen LogP contribution in [0.25, 0.3) is 16.7 Å². The summed E-state index contributed by atoms with van der Waals surface area (Å²) in [6, 6.07) is 7.48. The summed E-state index contributed by atoms with van der Waals surface area (Å²) >= 11 is 1.39. The van der Waals surface area contributed by atoms with Gasteiger partial charge in [-0.3, -0.25) is 13.8 Å². The molecule has 0 spiro atoms. The number of rotatable bonds is 7. The Morgan fingerprint density at radius 2 is 1.79 bits per heavy atom. The number of unbranched alkanes of at least 4 members (excludes halogenated alkanes) is 2. The molecule has 3 heterocycles. The lowest BCUT2D eigenvalue weighted by atomic mass is 10.2. The van der Waals surface area contributed by atoms with Crippen molar-refractivity contribution in [1.82, 2.24) is 34.1 Å². The summed E-state index contributed by atoms with van der Waals surface area (Å²) in [4.78, 5) is 25.0. The average molecular weight is 411 g/mol. The molecule has 0 aliphatic heterocycles. The van der Waals surface area contributed by atoms with Gasteiger partial charge in [-0.15, -0.1) is 10.2 Å². The number of aryl methyl sites for hydroxylation is 1. The topological polar surface area (TPSA) is 143 Å². The van der Waals surface area contributed by atoms with Crippen molar-refractivity contribution in [3.8, 4) is 0 Å². The molecule has 1 aromatic carbocycles. The maximum Gasteiger partial charge on any atom is 0.262 e. The molecule has 0 aliphatic carbocycles. The van der Waals surface area contributed by atoms with Gasteiger partial charge in [-0.2, -0.15) is 15.0 Å². The van der Waals surface area contributed by atoms with Crippen LogP contribution in [0.2, 0.25) is 0 Å². The predicted octanol–water partition coefficient (Wildman–Crippen LogP) is 1.88. The van der Waals surface area contributed by atoms with E-state index in [0.29, 0.717) is 34.4 Å². The standard InChI is InChI=1S/C18H21N9OS/c1-2-3-6-9-26-14(28)11-7-4-5-8-12(11)27-17(26)24-25-18(27)29-10-13-21-15(19)23-16(20)22-13/h4-5,7-8H,2-3,6,9-10H2,1H3,(H4,19,20,21,22,23). The lowest BCUT2D eigenvalue weighted by molar-refractivity contribution is 0.594. The lowest BCUT2D eigenvalue weighted by Gasteiger charge is -2.11. The van der Waals surface area contributed by atoms with Crippen LogP contribution in [0, 0.1) is 0 Å². The minimum Gasteiger partial charge on any atom is -0.368 e. The zero-order chi connectivity index (χ0) is 20.4. The van der Waals surface area contributed by atoms with Gasteiger partial charge in [-0.25, -0.2) is 0 Å². The maximum absolute atomic E-state index is 13.0. The molecule has 0 bridgehead atoms. The number of aromatic nitrogens is 7. The molecule has 0 radical (unpaired) electrons. The van der Waals surface area contributed by atoms with Crippen LogP contribution in [0.4, 0.5) is 11.9 Å². The Kier molecular flexibility index (Phi) is 5.30. The van der Waals surface area contributed by atoms with Crippen molar-refractivity contribution in [2.45, 2.75) is 43.6 Å². The molecule has 4 rings (SSSR count). The van der Waals surface area contributed by atoms with Crippen molar-refractivity contribution >= 4 is 40.3 Å². The molecule has 0 atom stereocenters. The monoisotopic (exact) mass is 411 g/mol. The van der Waals surface area contributed by atoms with Crippen molar-refractivity contribution in [2.75, 3.05) is 11.5 Å². The molecular formula is C18H21N9OS. The van der Waals surface area contributed by atoms with E-state index in [4.69, 9.17) is 11.5 Å². The Morgan fingerprint density at radius 3 is 2.55 bits per heavy atom. The first-order valence-corrected chi connectivity index (χ1v) is 10.3. The summed E-state index contributed by atoms with van der Waals surface area (Å²) in [6.45, 7) is 2.73. The number of fused-ring (bicyclic) bond motifs is 3. The van der Waals surface area contributed by atoms with Crippen molar-refractivity contribution in [1.29, 1.82) is 0 Å². The van der Waals surface area contributed by atoms with Gasteiger partial charge in [0.1, 0.15) is 5.82 Å². The predicted molar refractivity (Wildman–Crippen MR) is 112 cm³/mol. The van der Waals surface area contributed by atoms with E-state index in [2.05, 4.69) is 32.1 Å². The highest BCUT2D eigenvalue weighted by atomic mass is 32.2. The number of nitrogen functional groups attached to an aromatic ring is 2. The highest BCUT2D eigenvalue weighted by Gasteiger charge is 2.17. The van der Waals surface area contributed by atoms with Crippen LogP contribution in [0.3, 0.4) is 0 Å². The van der Waals surface area contributed by atoms with Gasteiger partial charge in [0.25, 0.3) is 5.56 Å². The second kappa shape index (κ2) is 8.03. The van der Waals surface area contributed by atoms with Gasteiger partial charge in [0.05, 0.1) is 16.7 Å². The Morgan fingerprint density at radius 1 is 1.03 bits per heavy atom. The molecule has 0 unspecified atom stereocenters. The molecule has 11 heteroatoms. The lowest BCUT2D eigenvalue weighted by Crippen LogP contribution is -2.23. The third-order valence-corrected chi connectivity index (χ3v) is 5.44. The van der Waals surface area contributed by atoms with Gasteiger partial charge < -0.3 is 11.5 Å². The SMILES string of the molecule is CCCCCn1c(=O)c2ccccc2n2c(SCc3nc(N)nc(N)n3)nnc12. The van der Waals surface area contributed by atoms with Gasteiger partial charge in [0, 0.05) is 6.54 Å². The van der Waals surface area contributed by atoms with E-state index in [1.165, 1.54) is 11.8 Å². The van der Waals surface area contributed by atoms with Crippen molar-refractivity contribution in [2.24, 2.45) is 0 Å². The molecule has 29 heavy (non-hydrogen) atoms. The van der Waals surface area contributed by atoms with E-state index < -0.39 is 0 Å². The minimum absolute atomic E-state index is 0.0498. The van der Waals surface area contributed by atoms with Gasteiger partial charge in [0.15, 0.2) is 5.16 Å². The fourth-order valence-electron chi connectivity index (χ4n) is 3.20. The molecule has 3 aromatic heterocycles. The zero-order valence-corrected chi connectivity index (χ0v) is 16.8. The van der Waals surface area contributed by atoms with E-state index in [9.17, 15) is 4.79 Å². The van der Waals surface area contributed by atoms with E-state index >= 15 is 0 Å². The normalized spacial score (nSPS) is 11.5. The first kappa shape index (κ1) is 19.1. The van der Waals surface area contributed by atoms with E-state index in [1.807, 2.05) is 28.7 Å². The molecule has 150 valence electrons. The summed E-state index contributed by atoms with van der Waals surface area (Å²) in [7, 11) is 0. The molecule has 0 fully saturated rings. The Hall–Kier alpha value is -3.21. The van der Waals surface area contributed by atoms with Crippen LogP contribution >= 0.6 is 11.8 Å². The van der Waals surface area contributed by atoms with Crippen molar-refractivity contribution in [3.63, 3.8) is 0 Å². The molecule has 4 aromatic rings. The summed E-state index contributed by atoms with van der Waals surface area (Å²) in [6.07, 6.45) is 3.02. The van der Waals surface area contributed by atoms with Crippen LogP contribution in [-0.2, 0) is 12.3 Å². The van der Waals surface area contributed by atoms with E-state index in [1.54, 1.807) is 4.57 Å². The van der Waals surface area contributed by atoms with Gasteiger partial charge in [-0.1, -0.05) is 43.7 Å². The molecule has 10 nitrogen and oxygen atoms in total. The van der Waals surface area contributed by atoms with Crippen LogP contribution in [0.5, 0.6) is 0 Å². The van der Waals surface area contributed by atoms with Crippen LogP contribution in [-0.4, -0.2) is 34.1 Å². The van der Waals surface area contributed by atoms with Crippen LogP contribution in [0.15, 0.2) is 34.2 Å². The van der Waals surface area contributed by atoms with Crippen molar-refractivity contribution < 1.29 is 0 Å². The summed E-state index contributed by atoms with van der Waals surface area (Å²) in [5.74, 6) is 1.53. The first-order valence-electron chi connectivity index (χ1n) is 9.34. The molecule has 4 N–H and O–H groups in total. The summed E-state index contributed by atoms with van der Waals surface area (Å²) in [5, 5.41) is 9.89. The molecular weight excluding hydrogens is 390 g/mol. The van der Waals surface area contributed by atoms with E-state index in [0.717, 1.165) is 24.8 Å². The Balaban J connectivity index is 1.78. The molecule has 0 aliphatic rings. The first-order chi connectivity index (χ1) is 14.1. The Bertz CT molecular complexity index is 1210. The number of para-hydroxylation sites is 1. The summed E-state index contributed by atoms with van der Waals surface area (Å²) < 4.78 is 3.61. The average Bonchev–Trinajstić information content (AvgIpc) is 3.12. The number of nitrogens with two attached hydrogens (primary N) is 2. The van der Waals surface area contributed by atoms with Crippen LogP contribution < -0.4 is 17.0 Å². The number of hydrogen-bond acceptors (Lipinski definition) is 9. The number of benzene rings is 1. The zero-order valence-electron chi connectivity index (χ0n) is 15.9. The number of anilines is 2. The van der Waals surface area contributed by atoms with Gasteiger partial charge >= 0.3 is 0 Å². The smallest absolute Gasteiger partial charge is 0.262 e. The second-order valence-corrected chi connectivity index (χ2v) is 7.50. The number of thioether (sulfide) groups is 1. The van der Waals surface area contributed by atoms with Crippen molar-refractivity contribution in [3.05, 3.63) is 40.4 Å². The fourth-order valence-corrected chi connectivity index (χ4v) is 3.99. The van der Waals surface area contributed by atoms with E-state index in [-0.39, 0.29) is 17.5 Å². The number of nitrogens with zero attached hydrogens (tertiary/aromatic N) is 7. The molecule has 0 saturated carbocycles. The minimum atomic E-state index is -0.0498. The molecule has 0 saturated heterocycles.